The zero-order chi connectivity index (χ0) is 17.9. The van der Waals surface area contributed by atoms with E-state index in [1.54, 1.807) is 24.3 Å². The molecule has 0 bridgehead atoms. The molecule has 2 aromatic rings. The number of methoxy groups -OCH3 is 1. The Labute approximate surface area is 136 Å². The van der Waals surface area contributed by atoms with Gasteiger partial charge in [-0.3, -0.25) is 25.0 Å². The van der Waals surface area contributed by atoms with Crippen LogP contribution in [0.1, 0.15) is 15.9 Å². The second kappa shape index (κ2) is 6.73. The molecule has 124 valence electrons. The van der Waals surface area contributed by atoms with E-state index in [-0.39, 0.29) is 11.1 Å². The van der Waals surface area contributed by atoms with Gasteiger partial charge in [0.15, 0.2) is 0 Å². The lowest BCUT2D eigenvalue weighted by atomic mass is 10.1. The Bertz CT molecular complexity index is 799. The maximum absolute atomic E-state index is 12.3. The van der Waals surface area contributed by atoms with Crippen molar-refractivity contribution in [3.8, 4) is 5.75 Å². The van der Waals surface area contributed by atoms with Crippen LogP contribution in [-0.2, 0) is 0 Å². The number of ether oxygens (including phenoxy) is 1. The quantitative estimate of drug-likeness (QED) is 0.663. The maximum atomic E-state index is 12.3. The highest BCUT2D eigenvalue weighted by molar-refractivity contribution is 6.06. The fourth-order valence-electron chi connectivity index (χ4n) is 2.14. The molecule has 0 aromatic heterocycles. The second-order valence-electron chi connectivity index (χ2n) is 4.81. The van der Waals surface area contributed by atoms with Crippen LogP contribution in [0.5, 0.6) is 5.75 Å². The van der Waals surface area contributed by atoms with Crippen molar-refractivity contribution in [2.45, 2.75) is 6.92 Å². The van der Waals surface area contributed by atoms with E-state index in [1.807, 2.05) is 0 Å². The molecule has 1 amide bonds. The Kier molecular flexibility index (Phi) is 4.73. The van der Waals surface area contributed by atoms with Crippen LogP contribution in [0.2, 0.25) is 0 Å². The smallest absolute Gasteiger partial charge is 0.279 e. The molecular formula is C15H13N3O6. The van der Waals surface area contributed by atoms with Gasteiger partial charge in [0, 0.05) is 12.1 Å². The molecule has 0 aliphatic carbocycles. The van der Waals surface area contributed by atoms with Crippen molar-refractivity contribution in [2.75, 3.05) is 12.4 Å². The Hall–Kier alpha value is -3.49. The highest BCUT2D eigenvalue weighted by Gasteiger charge is 2.25. The van der Waals surface area contributed by atoms with E-state index in [0.717, 1.165) is 12.1 Å². The molecule has 9 nitrogen and oxygen atoms in total. The topological polar surface area (TPSA) is 125 Å². The van der Waals surface area contributed by atoms with Crippen LogP contribution in [0, 0.1) is 27.2 Å². The van der Waals surface area contributed by atoms with Gasteiger partial charge < -0.3 is 10.1 Å². The molecule has 0 heterocycles. The summed E-state index contributed by atoms with van der Waals surface area (Å²) in [6.45, 7) is 1.26. The summed E-state index contributed by atoms with van der Waals surface area (Å²) in [7, 11) is 1.42. The summed E-state index contributed by atoms with van der Waals surface area (Å²) in [6, 6.07) is 8.58. The SMILES string of the molecule is COc1ccccc1NC(=O)c1cc([N+](=O)[O-])c(C)c([N+](=O)[O-])c1. The molecule has 0 aliphatic heterocycles. The third kappa shape index (κ3) is 3.29. The number of nitro benzene ring substituents is 2. The summed E-state index contributed by atoms with van der Waals surface area (Å²) in [6.07, 6.45) is 0. The van der Waals surface area contributed by atoms with E-state index >= 15 is 0 Å². The molecule has 0 unspecified atom stereocenters. The zero-order valence-electron chi connectivity index (χ0n) is 12.8. The predicted octanol–water partition coefficient (Wildman–Crippen LogP) is 3.07. The van der Waals surface area contributed by atoms with Crippen LogP contribution in [0.25, 0.3) is 0 Å². The van der Waals surface area contributed by atoms with Crippen LogP contribution < -0.4 is 10.1 Å². The molecule has 0 aliphatic rings. The number of nitrogens with zero attached hydrogens (tertiary/aromatic N) is 2. The molecule has 0 fully saturated rings. The first kappa shape index (κ1) is 16.9. The normalized spacial score (nSPS) is 10.1. The van der Waals surface area contributed by atoms with E-state index in [0.29, 0.717) is 11.4 Å². The van der Waals surface area contributed by atoms with E-state index in [9.17, 15) is 25.0 Å². The van der Waals surface area contributed by atoms with Crippen LogP contribution in [0.4, 0.5) is 17.1 Å². The molecule has 9 heteroatoms. The summed E-state index contributed by atoms with van der Waals surface area (Å²) in [5, 5.41) is 24.6. The van der Waals surface area contributed by atoms with Crippen molar-refractivity contribution in [1.29, 1.82) is 0 Å². The van der Waals surface area contributed by atoms with Crippen LogP contribution in [-0.4, -0.2) is 22.9 Å². The van der Waals surface area contributed by atoms with Gasteiger partial charge in [-0.15, -0.1) is 0 Å². The fourth-order valence-corrected chi connectivity index (χ4v) is 2.14. The zero-order valence-corrected chi connectivity index (χ0v) is 12.8. The van der Waals surface area contributed by atoms with Crippen molar-refractivity contribution >= 4 is 23.0 Å². The van der Waals surface area contributed by atoms with Crippen molar-refractivity contribution in [2.24, 2.45) is 0 Å². The van der Waals surface area contributed by atoms with Gasteiger partial charge in [-0.2, -0.15) is 0 Å². The number of nitrogens with one attached hydrogen (secondary N) is 1. The van der Waals surface area contributed by atoms with Crippen molar-refractivity contribution in [3.63, 3.8) is 0 Å². The van der Waals surface area contributed by atoms with Crippen molar-refractivity contribution in [1.82, 2.24) is 0 Å². The highest BCUT2D eigenvalue weighted by atomic mass is 16.6. The van der Waals surface area contributed by atoms with Gasteiger partial charge in [-0.05, 0) is 19.1 Å². The molecule has 2 rings (SSSR count). The standard InChI is InChI=1S/C15H13N3O6/c1-9-12(17(20)21)7-10(8-13(9)18(22)23)15(19)16-11-5-3-4-6-14(11)24-2/h3-8H,1-2H3,(H,16,19). The molecule has 0 atom stereocenters. The lowest BCUT2D eigenvalue weighted by Crippen LogP contribution is -2.14. The van der Waals surface area contributed by atoms with Crippen LogP contribution in [0.15, 0.2) is 36.4 Å². The predicted molar refractivity (Wildman–Crippen MR) is 85.4 cm³/mol. The number of hydrogen-bond donors (Lipinski definition) is 1. The number of nitro groups is 2. The van der Waals surface area contributed by atoms with Crippen molar-refractivity contribution < 1.29 is 19.4 Å². The number of carbonyl (C=O) groups is 1. The summed E-state index contributed by atoms with van der Waals surface area (Å²) in [5.41, 5.74) is -0.941. The average molecular weight is 331 g/mol. The molecule has 24 heavy (non-hydrogen) atoms. The van der Waals surface area contributed by atoms with E-state index in [1.165, 1.54) is 14.0 Å². The molecule has 0 saturated carbocycles. The minimum absolute atomic E-state index is 0.112. The largest absolute Gasteiger partial charge is 0.495 e. The van der Waals surface area contributed by atoms with Crippen molar-refractivity contribution in [3.05, 3.63) is 67.8 Å². The fraction of sp³-hybridized carbons (Fsp3) is 0.133. The number of benzene rings is 2. The molecule has 2 aromatic carbocycles. The summed E-state index contributed by atoms with van der Waals surface area (Å²) in [4.78, 5) is 32.9. The Morgan fingerprint density at radius 3 is 2.12 bits per heavy atom. The van der Waals surface area contributed by atoms with Crippen LogP contribution in [0.3, 0.4) is 0 Å². The van der Waals surface area contributed by atoms with Gasteiger partial charge in [0.05, 0.1) is 28.2 Å². The Morgan fingerprint density at radius 2 is 1.62 bits per heavy atom. The molecule has 0 saturated heterocycles. The summed E-state index contributed by atoms with van der Waals surface area (Å²) >= 11 is 0. The second-order valence-corrected chi connectivity index (χ2v) is 4.81. The Balaban J connectivity index is 2.46. The van der Waals surface area contributed by atoms with E-state index in [2.05, 4.69) is 5.32 Å². The molecule has 1 N–H and O–H groups in total. The molecular weight excluding hydrogens is 318 g/mol. The van der Waals surface area contributed by atoms with Gasteiger partial charge in [-0.25, -0.2) is 0 Å². The van der Waals surface area contributed by atoms with Gasteiger partial charge in [0.1, 0.15) is 11.3 Å². The first-order chi connectivity index (χ1) is 11.3. The maximum Gasteiger partial charge on any atom is 0.279 e. The van der Waals surface area contributed by atoms with E-state index < -0.39 is 27.1 Å². The minimum atomic E-state index is -0.762. The van der Waals surface area contributed by atoms with E-state index in [4.69, 9.17) is 4.74 Å². The molecule has 0 radical (unpaired) electrons. The number of carbonyl (C=O) groups excluding carboxylic acids is 1. The monoisotopic (exact) mass is 331 g/mol. The highest BCUT2D eigenvalue weighted by Crippen LogP contribution is 2.30. The lowest BCUT2D eigenvalue weighted by molar-refractivity contribution is -0.395. The number of amides is 1. The number of rotatable bonds is 5. The third-order valence-corrected chi connectivity index (χ3v) is 3.36. The average Bonchev–Trinajstić information content (AvgIpc) is 2.54. The molecule has 0 spiro atoms. The third-order valence-electron chi connectivity index (χ3n) is 3.36. The summed E-state index contributed by atoms with van der Waals surface area (Å²) < 4.78 is 5.09. The van der Waals surface area contributed by atoms with Gasteiger partial charge in [0.2, 0.25) is 0 Å². The van der Waals surface area contributed by atoms with Gasteiger partial charge >= 0.3 is 0 Å². The summed E-state index contributed by atoms with van der Waals surface area (Å²) in [5.74, 6) is -0.326. The lowest BCUT2D eigenvalue weighted by Gasteiger charge is -2.10. The number of para-hydroxylation sites is 2. The van der Waals surface area contributed by atoms with Crippen LogP contribution >= 0.6 is 0 Å². The number of hydrogen-bond acceptors (Lipinski definition) is 6. The Morgan fingerprint density at radius 1 is 1.08 bits per heavy atom. The number of anilines is 1. The minimum Gasteiger partial charge on any atom is -0.495 e. The first-order valence-corrected chi connectivity index (χ1v) is 6.73. The first-order valence-electron chi connectivity index (χ1n) is 6.73. The van der Waals surface area contributed by atoms with Gasteiger partial charge in [-0.1, -0.05) is 12.1 Å². The van der Waals surface area contributed by atoms with Gasteiger partial charge in [0.25, 0.3) is 17.3 Å².